The normalized spacial score (nSPS) is 15.7. The molecule has 0 radical (unpaired) electrons. The Balaban J connectivity index is 1.64. The monoisotopic (exact) mass is 559 g/mol. The highest BCUT2D eigenvalue weighted by Gasteiger charge is 2.32. The molecule has 0 unspecified atom stereocenters. The molecule has 4 rings (SSSR count). The lowest BCUT2D eigenvalue weighted by Crippen LogP contribution is -2.41. The number of alkyl halides is 3. The molecular weight excluding hydrogens is 523 g/mol. The highest BCUT2D eigenvalue weighted by atomic mass is 19.4. The Labute approximate surface area is 232 Å². The first-order chi connectivity index (χ1) is 18.6. The Morgan fingerprint density at radius 2 is 1.77 bits per heavy atom. The average molecular weight is 560 g/mol. The molecule has 0 aliphatic carbocycles. The number of hydrogen-bond donors (Lipinski definition) is 2. The van der Waals surface area contributed by atoms with Crippen LogP contribution in [0.3, 0.4) is 0 Å². The van der Waals surface area contributed by atoms with Gasteiger partial charge in [0.1, 0.15) is 23.0 Å². The molecule has 216 valence electrons. The molecule has 40 heavy (non-hydrogen) atoms. The standard InChI is InChI=1S/C29H36F3N5O3/c1-16(19-11-20(29(30,31)32)13-21(33)12-19)34-26-23-14-22(25(39-6)15-24(23)35-17(2)36-26)18-7-9-37(10-8-18)27(38)40-28(3,4)5/h11-16,18H,7-10,33H2,1-6H3,(H,34,35,36)/t16-/m1/s1. The van der Waals surface area contributed by atoms with E-state index >= 15 is 0 Å². The van der Waals surface area contributed by atoms with Gasteiger partial charge in [-0.3, -0.25) is 0 Å². The van der Waals surface area contributed by atoms with Crippen molar-refractivity contribution in [3.8, 4) is 5.75 Å². The van der Waals surface area contributed by atoms with E-state index in [0.29, 0.717) is 41.6 Å². The van der Waals surface area contributed by atoms with Gasteiger partial charge in [-0.25, -0.2) is 14.8 Å². The Morgan fingerprint density at radius 1 is 1.10 bits per heavy atom. The second-order valence-corrected chi connectivity index (χ2v) is 11.2. The van der Waals surface area contributed by atoms with Crippen LogP contribution in [-0.2, 0) is 10.9 Å². The number of aryl methyl sites for hydroxylation is 1. The lowest BCUT2D eigenvalue weighted by atomic mass is 9.88. The Hall–Kier alpha value is -3.76. The van der Waals surface area contributed by atoms with Crippen molar-refractivity contribution in [3.63, 3.8) is 0 Å². The van der Waals surface area contributed by atoms with E-state index in [0.717, 1.165) is 35.9 Å². The second kappa shape index (κ2) is 11.0. The van der Waals surface area contributed by atoms with Crippen LogP contribution in [0.15, 0.2) is 30.3 Å². The summed E-state index contributed by atoms with van der Waals surface area (Å²) in [7, 11) is 1.60. The summed E-state index contributed by atoms with van der Waals surface area (Å²) in [5, 5.41) is 4.00. The van der Waals surface area contributed by atoms with Crippen LogP contribution in [0.25, 0.3) is 10.9 Å². The predicted molar refractivity (Wildman–Crippen MR) is 149 cm³/mol. The average Bonchev–Trinajstić information content (AvgIpc) is 2.86. The number of carbonyl (C=O) groups excluding carboxylic acids is 1. The van der Waals surface area contributed by atoms with Gasteiger partial charge in [0.25, 0.3) is 0 Å². The molecule has 0 spiro atoms. The number of likely N-dealkylation sites (tertiary alicyclic amines) is 1. The van der Waals surface area contributed by atoms with Gasteiger partial charge in [0.2, 0.25) is 0 Å². The minimum absolute atomic E-state index is 0.0342. The molecular formula is C29H36F3N5O3. The first kappa shape index (κ1) is 29.2. The molecule has 8 nitrogen and oxygen atoms in total. The number of anilines is 2. The second-order valence-electron chi connectivity index (χ2n) is 11.2. The molecule has 2 aromatic carbocycles. The number of piperidine rings is 1. The van der Waals surface area contributed by atoms with Crippen LogP contribution in [-0.4, -0.2) is 46.8 Å². The first-order valence-electron chi connectivity index (χ1n) is 13.2. The maximum absolute atomic E-state index is 13.4. The van der Waals surface area contributed by atoms with E-state index in [9.17, 15) is 18.0 Å². The fourth-order valence-corrected chi connectivity index (χ4v) is 4.97. The van der Waals surface area contributed by atoms with Crippen molar-refractivity contribution in [1.29, 1.82) is 0 Å². The number of fused-ring (bicyclic) bond motifs is 1. The molecule has 0 saturated carbocycles. The summed E-state index contributed by atoms with van der Waals surface area (Å²) in [6, 6.07) is 6.86. The van der Waals surface area contributed by atoms with Gasteiger partial charge in [0, 0.05) is 30.2 Å². The zero-order valence-corrected chi connectivity index (χ0v) is 23.6. The van der Waals surface area contributed by atoms with Gasteiger partial charge in [-0.15, -0.1) is 0 Å². The summed E-state index contributed by atoms with van der Waals surface area (Å²) in [5.74, 6) is 1.81. The van der Waals surface area contributed by atoms with E-state index in [-0.39, 0.29) is 17.7 Å². The molecule has 11 heteroatoms. The third kappa shape index (κ3) is 6.68. The van der Waals surface area contributed by atoms with Gasteiger partial charge in [0.05, 0.1) is 24.2 Å². The summed E-state index contributed by atoms with van der Waals surface area (Å²) in [6.45, 7) is 10.1. The van der Waals surface area contributed by atoms with Crippen molar-refractivity contribution in [2.45, 2.75) is 71.2 Å². The summed E-state index contributed by atoms with van der Waals surface area (Å²) in [5.41, 5.74) is 6.47. The summed E-state index contributed by atoms with van der Waals surface area (Å²) >= 11 is 0. The molecule has 1 amide bonds. The molecule has 1 fully saturated rings. The molecule has 1 aliphatic rings. The number of nitrogen functional groups attached to an aromatic ring is 1. The van der Waals surface area contributed by atoms with Crippen molar-refractivity contribution in [2.75, 3.05) is 31.2 Å². The third-order valence-electron chi connectivity index (χ3n) is 6.90. The van der Waals surface area contributed by atoms with Crippen molar-refractivity contribution in [2.24, 2.45) is 0 Å². The van der Waals surface area contributed by atoms with E-state index < -0.39 is 23.4 Å². The van der Waals surface area contributed by atoms with E-state index in [1.54, 1.807) is 25.9 Å². The van der Waals surface area contributed by atoms with Crippen molar-refractivity contribution < 1.29 is 27.4 Å². The Morgan fingerprint density at radius 3 is 2.38 bits per heavy atom. The zero-order chi connectivity index (χ0) is 29.4. The summed E-state index contributed by atoms with van der Waals surface area (Å²) in [4.78, 5) is 23.4. The van der Waals surface area contributed by atoms with Gasteiger partial charge in [-0.1, -0.05) is 0 Å². The number of benzene rings is 2. The van der Waals surface area contributed by atoms with Crippen LogP contribution in [0.5, 0.6) is 5.75 Å². The number of halogens is 3. The van der Waals surface area contributed by atoms with Gasteiger partial charge in [-0.05, 0) is 88.8 Å². The lowest BCUT2D eigenvalue weighted by molar-refractivity contribution is -0.137. The van der Waals surface area contributed by atoms with E-state index in [1.807, 2.05) is 32.9 Å². The molecule has 0 bridgehead atoms. The highest BCUT2D eigenvalue weighted by Crippen LogP contribution is 2.39. The number of aromatic nitrogens is 2. The number of amides is 1. The molecule has 2 heterocycles. The maximum Gasteiger partial charge on any atom is 0.416 e. The van der Waals surface area contributed by atoms with Crippen molar-refractivity contribution in [3.05, 3.63) is 52.8 Å². The molecule has 3 aromatic rings. The van der Waals surface area contributed by atoms with Crippen LogP contribution >= 0.6 is 0 Å². The van der Waals surface area contributed by atoms with Crippen LogP contribution < -0.4 is 15.8 Å². The third-order valence-corrected chi connectivity index (χ3v) is 6.90. The number of hydrogen-bond acceptors (Lipinski definition) is 7. The maximum atomic E-state index is 13.4. The number of methoxy groups -OCH3 is 1. The summed E-state index contributed by atoms with van der Waals surface area (Å²) < 4.78 is 51.4. The molecule has 1 aromatic heterocycles. The van der Waals surface area contributed by atoms with Crippen LogP contribution in [0, 0.1) is 6.92 Å². The van der Waals surface area contributed by atoms with Crippen LogP contribution in [0.1, 0.15) is 75.0 Å². The minimum atomic E-state index is -4.51. The smallest absolute Gasteiger partial charge is 0.416 e. The number of nitrogens with two attached hydrogens (primary N) is 1. The fourth-order valence-electron chi connectivity index (χ4n) is 4.97. The minimum Gasteiger partial charge on any atom is -0.496 e. The SMILES string of the molecule is COc1cc2nc(C)nc(N[C@H](C)c3cc(N)cc(C(F)(F)F)c3)c2cc1C1CCN(C(=O)OC(C)(C)C)CC1. The fraction of sp³-hybridized carbons (Fsp3) is 0.483. The lowest BCUT2D eigenvalue weighted by Gasteiger charge is -2.34. The first-order valence-corrected chi connectivity index (χ1v) is 13.2. The van der Waals surface area contributed by atoms with Gasteiger partial charge >= 0.3 is 12.3 Å². The van der Waals surface area contributed by atoms with Crippen molar-refractivity contribution in [1.82, 2.24) is 14.9 Å². The molecule has 1 saturated heterocycles. The van der Waals surface area contributed by atoms with Gasteiger partial charge in [-0.2, -0.15) is 13.2 Å². The van der Waals surface area contributed by atoms with Crippen LogP contribution in [0.4, 0.5) is 29.5 Å². The number of ether oxygens (including phenoxy) is 2. The quantitative estimate of drug-likeness (QED) is 0.330. The highest BCUT2D eigenvalue weighted by molar-refractivity contribution is 5.91. The van der Waals surface area contributed by atoms with Gasteiger partial charge < -0.3 is 25.4 Å². The largest absolute Gasteiger partial charge is 0.496 e. The number of rotatable bonds is 5. The number of nitrogens with one attached hydrogen (secondary N) is 1. The zero-order valence-electron chi connectivity index (χ0n) is 23.6. The van der Waals surface area contributed by atoms with E-state index in [2.05, 4.69) is 15.3 Å². The van der Waals surface area contributed by atoms with Crippen LogP contribution in [0.2, 0.25) is 0 Å². The Bertz CT molecular complexity index is 1400. The molecule has 1 aliphatic heterocycles. The molecule has 3 N–H and O–H groups in total. The van der Waals surface area contributed by atoms with Crippen molar-refractivity contribution >= 4 is 28.5 Å². The topological polar surface area (TPSA) is 103 Å². The van der Waals surface area contributed by atoms with Gasteiger partial charge in [0.15, 0.2) is 0 Å². The predicted octanol–water partition coefficient (Wildman–Crippen LogP) is 6.84. The number of nitrogens with zero attached hydrogens (tertiary/aromatic N) is 3. The molecule has 1 atom stereocenters. The van der Waals surface area contributed by atoms with E-state index in [1.165, 1.54) is 6.07 Å². The number of carbonyl (C=O) groups is 1. The summed E-state index contributed by atoms with van der Waals surface area (Å²) in [6.07, 6.45) is -3.39. The Kier molecular flexibility index (Phi) is 8.05. The van der Waals surface area contributed by atoms with E-state index in [4.69, 9.17) is 15.2 Å².